The van der Waals surface area contributed by atoms with Gasteiger partial charge in [0.15, 0.2) is 5.82 Å². The minimum absolute atomic E-state index is 0.491. The lowest BCUT2D eigenvalue weighted by Crippen LogP contribution is -1.95. The van der Waals surface area contributed by atoms with Gasteiger partial charge in [0.05, 0.1) is 0 Å². The summed E-state index contributed by atoms with van der Waals surface area (Å²) >= 11 is 0. The third kappa shape index (κ3) is 1.96. The van der Waals surface area contributed by atoms with Crippen LogP contribution >= 0.6 is 0 Å². The lowest BCUT2D eigenvalue weighted by Gasteiger charge is -1.97. The van der Waals surface area contributed by atoms with E-state index in [1.165, 1.54) is 6.42 Å². The first-order chi connectivity index (χ1) is 8.28. The molecule has 1 fully saturated rings. The van der Waals surface area contributed by atoms with Crippen LogP contribution in [0.4, 0.5) is 0 Å². The molecular formula is C13H15N3O. The molecule has 1 saturated carbocycles. The van der Waals surface area contributed by atoms with Crippen LogP contribution in [-0.2, 0) is 6.54 Å². The normalized spacial score (nSPS) is 22.7. The van der Waals surface area contributed by atoms with E-state index in [-0.39, 0.29) is 0 Å². The third-order valence-electron chi connectivity index (χ3n) is 3.29. The molecule has 1 aromatic carbocycles. The molecule has 0 radical (unpaired) electrons. The topological polar surface area (TPSA) is 64.9 Å². The van der Waals surface area contributed by atoms with Gasteiger partial charge in [-0.25, -0.2) is 0 Å². The Kier molecular flexibility index (Phi) is 2.44. The van der Waals surface area contributed by atoms with E-state index in [1.807, 2.05) is 24.3 Å². The van der Waals surface area contributed by atoms with Crippen LogP contribution in [0.2, 0.25) is 0 Å². The average Bonchev–Trinajstić information content (AvgIpc) is 2.92. The Hall–Kier alpha value is -1.68. The number of benzene rings is 1. The molecule has 0 aliphatic heterocycles. The summed E-state index contributed by atoms with van der Waals surface area (Å²) in [5, 5.41) is 4.04. The summed E-state index contributed by atoms with van der Waals surface area (Å²) < 4.78 is 5.30. The second-order valence-corrected chi connectivity index (χ2v) is 4.68. The average molecular weight is 229 g/mol. The minimum Gasteiger partial charge on any atom is -0.334 e. The highest BCUT2D eigenvalue weighted by atomic mass is 16.5. The Morgan fingerprint density at radius 3 is 3.00 bits per heavy atom. The molecule has 2 N–H and O–H groups in total. The molecule has 4 heteroatoms. The molecule has 1 aromatic heterocycles. The van der Waals surface area contributed by atoms with Crippen molar-refractivity contribution in [3.8, 4) is 11.5 Å². The van der Waals surface area contributed by atoms with Gasteiger partial charge in [0.25, 0.3) is 5.89 Å². The van der Waals surface area contributed by atoms with Crippen molar-refractivity contribution < 1.29 is 4.52 Å². The molecule has 3 rings (SSSR count). The first-order valence-electron chi connectivity index (χ1n) is 5.91. The number of aromatic nitrogens is 2. The summed E-state index contributed by atoms with van der Waals surface area (Å²) in [7, 11) is 0. The molecule has 88 valence electrons. The van der Waals surface area contributed by atoms with Crippen LogP contribution in [0.1, 0.15) is 30.7 Å². The number of nitrogens with zero attached hydrogens (tertiary/aromatic N) is 2. The fourth-order valence-corrected chi connectivity index (χ4v) is 2.02. The Morgan fingerprint density at radius 1 is 1.47 bits per heavy atom. The fourth-order valence-electron chi connectivity index (χ4n) is 2.02. The molecule has 1 aliphatic rings. The van der Waals surface area contributed by atoms with Crippen molar-refractivity contribution in [1.29, 1.82) is 0 Å². The second-order valence-electron chi connectivity index (χ2n) is 4.68. The predicted molar refractivity (Wildman–Crippen MR) is 64.1 cm³/mol. The van der Waals surface area contributed by atoms with Gasteiger partial charge in [-0.15, -0.1) is 0 Å². The predicted octanol–water partition coefficient (Wildman–Crippen LogP) is 2.32. The van der Waals surface area contributed by atoms with Crippen LogP contribution < -0.4 is 5.73 Å². The number of nitrogens with two attached hydrogens (primary N) is 1. The maximum Gasteiger partial charge on any atom is 0.257 e. The van der Waals surface area contributed by atoms with E-state index >= 15 is 0 Å². The summed E-state index contributed by atoms with van der Waals surface area (Å²) in [5.41, 5.74) is 7.63. The third-order valence-corrected chi connectivity index (χ3v) is 3.29. The molecule has 1 heterocycles. The number of rotatable bonds is 3. The highest BCUT2D eigenvalue weighted by Crippen LogP contribution is 2.45. The highest BCUT2D eigenvalue weighted by molar-refractivity contribution is 5.54. The van der Waals surface area contributed by atoms with Gasteiger partial charge >= 0.3 is 0 Å². The molecule has 0 saturated heterocycles. The van der Waals surface area contributed by atoms with Gasteiger partial charge in [0, 0.05) is 18.0 Å². The smallest absolute Gasteiger partial charge is 0.257 e. The first kappa shape index (κ1) is 10.5. The quantitative estimate of drug-likeness (QED) is 0.877. The van der Waals surface area contributed by atoms with E-state index in [0.717, 1.165) is 17.0 Å². The van der Waals surface area contributed by atoms with Crippen molar-refractivity contribution in [3.63, 3.8) is 0 Å². The van der Waals surface area contributed by atoms with Crippen LogP contribution in [0.5, 0.6) is 0 Å². The van der Waals surface area contributed by atoms with E-state index < -0.39 is 0 Å². The number of hydrogen-bond acceptors (Lipinski definition) is 4. The maximum atomic E-state index is 5.61. The molecule has 0 spiro atoms. The van der Waals surface area contributed by atoms with Crippen LogP contribution in [0.15, 0.2) is 28.8 Å². The zero-order chi connectivity index (χ0) is 11.8. The molecule has 1 aliphatic carbocycles. The van der Waals surface area contributed by atoms with Crippen molar-refractivity contribution in [1.82, 2.24) is 10.1 Å². The van der Waals surface area contributed by atoms with Gasteiger partial charge in [-0.3, -0.25) is 0 Å². The molecule has 2 aromatic rings. The Labute approximate surface area is 99.8 Å². The van der Waals surface area contributed by atoms with Crippen molar-refractivity contribution in [2.45, 2.75) is 25.8 Å². The van der Waals surface area contributed by atoms with E-state index in [2.05, 4.69) is 17.1 Å². The lowest BCUT2D eigenvalue weighted by molar-refractivity contribution is 0.422. The SMILES string of the molecule is CC1CC1c1noc(-c2cccc(CN)c2)n1. The Morgan fingerprint density at radius 2 is 2.29 bits per heavy atom. The second kappa shape index (κ2) is 3.96. The van der Waals surface area contributed by atoms with Gasteiger partial charge in [-0.05, 0) is 30.0 Å². The zero-order valence-electron chi connectivity index (χ0n) is 9.76. The minimum atomic E-state index is 0.491. The van der Waals surface area contributed by atoms with E-state index in [9.17, 15) is 0 Å². The van der Waals surface area contributed by atoms with Gasteiger partial charge in [-0.2, -0.15) is 4.98 Å². The molecule has 0 bridgehead atoms. The highest BCUT2D eigenvalue weighted by Gasteiger charge is 2.38. The van der Waals surface area contributed by atoms with Gasteiger partial charge in [0.2, 0.25) is 0 Å². The summed E-state index contributed by atoms with van der Waals surface area (Å²) in [4.78, 5) is 4.45. The Balaban J connectivity index is 1.90. The van der Waals surface area contributed by atoms with Crippen LogP contribution in [-0.4, -0.2) is 10.1 Å². The molecule has 0 amide bonds. The monoisotopic (exact) mass is 229 g/mol. The van der Waals surface area contributed by atoms with Crippen molar-refractivity contribution in [2.24, 2.45) is 11.7 Å². The largest absolute Gasteiger partial charge is 0.334 e. The summed E-state index contributed by atoms with van der Waals surface area (Å²) in [6.07, 6.45) is 1.17. The summed E-state index contributed by atoms with van der Waals surface area (Å²) in [6, 6.07) is 7.91. The van der Waals surface area contributed by atoms with Gasteiger partial charge in [0.1, 0.15) is 0 Å². The molecule has 2 atom stereocenters. The van der Waals surface area contributed by atoms with Crippen molar-refractivity contribution >= 4 is 0 Å². The molecular weight excluding hydrogens is 214 g/mol. The Bertz CT molecular complexity index is 535. The van der Waals surface area contributed by atoms with Crippen LogP contribution in [0.25, 0.3) is 11.5 Å². The van der Waals surface area contributed by atoms with Crippen molar-refractivity contribution in [3.05, 3.63) is 35.7 Å². The molecule has 4 nitrogen and oxygen atoms in total. The van der Waals surface area contributed by atoms with Crippen LogP contribution in [0.3, 0.4) is 0 Å². The maximum absolute atomic E-state index is 5.61. The van der Waals surface area contributed by atoms with E-state index in [1.54, 1.807) is 0 Å². The zero-order valence-corrected chi connectivity index (χ0v) is 9.76. The molecule has 2 unspecified atom stereocenters. The lowest BCUT2D eigenvalue weighted by atomic mass is 10.1. The summed E-state index contributed by atoms with van der Waals surface area (Å²) in [6.45, 7) is 2.73. The molecule has 17 heavy (non-hydrogen) atoms. The number of hydrogen-bond donors (Lipinski definition) is 1. The van der Waals surface area contributed by atoms with Crippen LogP contribution in [0, 0.1) is 5.92 Å². The van der Waals surface area contributed by atoms with Gasteiger partial charge in [-0.1, -0.05) is 24.2 Å². The van der Waals surface area contributed by atoms with Crippen molar-refractivity contribution in [2.75, 3.05) is 0 Å². The fraction of sp³-hybridized carbons (Fsp3) is 0.385. The van der Waals surface area contributed by atoms with E-state index in [4.69, 9.17) is 10.3 Å². The summed E-state index contributed by atoms with van der Waals surface area (Å²) in [5.74, 6) is 2.61. The standard InChI is InChI=1S/C13H15N3O/c1-8-5-11(8)12-15-13(17-16-12)10-4-2-3-9(6-10)7-14/h2-4,6,8,11H,5,7,14H2,1H3. The van der Waals surface area contributed by atoms with E-state index in [0.29, 0.717) is 24.3 Å². The van der Waals surface area contributed by atoms with Gasteiger partial charge < -0.3 is 10.3 Å². The first-order valence-corrected chi connectivity index (χ1v) is 5.91.